The molecule has 1 atom stereocenters. The van der Waals surface area contributed by atoms with Crippen LogP contribution in [-0.4, -0.2) is 28.9 Å². The highest BCUT2D eigenvalue weighted by Crippen LogP contribution is 2.29. The average molecular weight is 360 g/mol. The molecule has 2 aromatic carbocycles. The molecule has 4 heteroatoms. The lowest BCUT2D eigenvalue weighted by atomic mass is 9.93. The van der Waals surface area contributed by atoms with Crippen LogP contribution < -0.4 is 0 Å². The van der Waals surface area contributed by atoms with Gasteiger partial charge >= 0.3 is 0 Å². The fraction of sp³-hybridized carbons (Fsp3) is 0.217. The Morgan fingerprint density at radius 2 is 1.74 bits per heavy atom. The van der Waals surface area contributed by atoms with E-state index in [1.165, 1.54) is 6.07 Å². The second kappa shape index (κ2) is 7.70. The van der Waals surface area contributed by atoms with Gasteiger partial charge in [-0.1, -0.05) is 36.4 Å². The first kappa shape index (κ1) is 17.4. The molecule has 136 valence electrons. The third-order valence-electron chi connectivity index (χ3n) is 5.07. The van der Waals surface area contributed by atoms with Crippen molar-refractivity contribution in [3.63, 3.8) is 0 Å². The fourth-order valence-corrected chi connectivity index (χ4v) is 3.66. The molecule has 27 heavy (non-hydrogen) atoms. The Morgan fingerprint density at radius 1 is 0.963 bits per heavy atom. The normalized spacial score (nSPS) is 16.9. The number of aromatic nitrogens is 1. The van der Waals surface area contributed by atoms with Gasteiger partial charge in [-0.15, -0.1) is 0 Å². The Kier molecular flexibility index (Phi) is 4.97. The van der Waals surface area contributed by atoms with Gasteiger partial charge in [0.05, 0.1) is 5.69 Å². The van der Waals surface area contributed by atoms with Crippen molar-refractivity contribution in [2.24, 2.45) is 0 Å². The standard InChI is InChI=1S/C23H21FN2O/c24-20-12-5-4-11-19(20)22-14-6-13-21(25-22)18-10-7-15-26(16-18)23(27)17-8-2-1-3-9-17/h1-6,8-9,11-14,18H,7,10,15-16H2. The predicted octanol–water partition coefficient (Wildman–Crippen LogP) is 4.91. The van der Waals surface area contributed by atoms with Gasteiger partial charge in [-0.05, 0) is 49.2 Å². The summed E-state index contributed by atoms with van der Waals surface area (Å²) in [4.78, 5) is 19.4. The van der Waals surface area contributed by atoms with Gasteiger partial charge < -0.3 is 4.90 Å². The fourth-order valence-electron chi connectivity index (χ4n) is 3.66. The zero-order valence-electron chi connectivity index (χ0n) is 15.0. The number of carbonyl (C=O) groups is 1. The molecule has 4 rings (SSSR count). The molecule has 0 bridgehead atoms. The lowest BCUT2D eigenvalue weighted by molar-refractivity contribution is 0.0706. The summed E-state index contributed by atoms with van der Waals surface area (Å²) < 4.78 is 14.1. The summed E-state index contributed by atoms with van der Waals surface area (Å²) in [5.41, 5.74) is 2.78. The van der Waals surface area contributed by atoms with Crippen molar-refractivity contribution in [1.29, 1.82) is 0 Å². The van der Waals surface area contributed by atoms with Crippen LogP contribution in [0.3, 0.4) is 0 Å². The summed E-state index contributed by atoms with van der Waals surface area (Å²) in [5, 5.41) is 0. The van der Waals surface area contributed by atoms with E-state index >= 15 is 0 Å². The van der Waals surface area contributed by atoms with Crippen molar-refractivity contribution in [2.75, 3.05) is 13.1 Å². The lowest BCUT2D eigenvalue weighted by Gasteiger charge is -2.32. The highest BCUT2D eigenvalue weighted by Gasteiger charge is 2.26. The maximum absolute atomic E-state index is 14.1. The van der Waals surface area contributed by atoms with Crippen molar-refractivity contribution < 1.29 is 9.18 Å². The topological polar surface area (TPSA) is 33.2 Å². The highest BCUT2D eigenvalue weighted by atomic mass is 19.1. The summed E-state index contributed by atoms with van der Waals surface area (Å²) in [7, 11) is 0. The van der Waals surface area contributed by atoms with Gasteiger partial charge in [0.2, 0.25) is 0 Å². The van der Waals surface area contributed by atoms with Gasteiger partial charge in [-0.25, -0.2) is 4.39 Å². The van der Waals surface area contributed by atoms with Crippen LogP contribution in [0.15, 0.2) is 72.8 Å². The van der Waals surface area contributed by atoms with Crippen LogP contribution in [0.2, 0.25) is 0 Å². The zero-order chi connectivity index (χ0) is 18.6. The summed E-state index contributed by atoms with van der Waals surface area (Å²) in [6.45, 7) is 1.40. The van der Waals surface area contributed by atoms with Crippen molar-refractivity contribution in [2.45, 2.75) is 18.8 Å². The van der Waals surface area contributed by atoms with Gasteiger partial charge in [-0.3, -0.25) is 9.78 Å². The van der Waals surface area contributed by atoms with Gasteiger partial charge in [0, 0.05) is 35.8 Å². The average Bonchev–Trinajstić information content (AvgIpc) is 2.74. The zero-order valence-corrected chi connectivity index (χ0v) is 15.0. The predicted molar refractivity (Wildman–Crippen MR) is 104 cm³/mol. The molecule has 1 amide bonds. The van der Waals surface area contributed by atoms with E-state index in [4.69, 9.17) is 4.98 Å². The molecule has 1 aromatic heterocycles. The Labute approximate surface area is 158 Å². The first-order valence-corrected chi connectivity index (χ1v) is 9.28. The van der Waals surface area contributed by atoms with Crippen LogP contribution in [0.25, 0.3) is 11.3 Å². The van der Waals surface area contributed by atoms with Crippen LogP contribution in [0.1, 0.15) is 34.8 Å². The molecule has 1 aliphatic rings. The van der Waals surface area contributed by atoms with Crippen LogP contribution in [-0.2, 0) is 0 Å². The van der Waals surface area contributed by atoms with Crippen LogP contribution in [0.4, 0.5) is 4.39 Å². The summed E-state index contributed by atoms with van der Waals surface area (Å²) in [5.74, 6) is -0.0460. The molecule has 0 saturated carbocycles. The molecule has 0 spiro atoms. The summed E-state index contributed by atoms with van der Waals surface area (Å²) >= 11 is 0. The number of piperidine rings is 1. The van der Waals surface area contributed by atoms with E-state index in [2.05, 4.69) is 0 Å². The number of carbonyl (C=O) groups excluding carboxylic acids is 1. The number of benzene rings is 2. The van der Waals surface area contributed by atoms with E-state index in [1.807, 2.05) is 59.5 Å². The number of likely N-dealkylation sites (tertiary alicyclic amines) is 1. The van der Waals surface area contributed by atoms with E-state index in [0.29, 0.717) is 23.4 Å². The van der Waals surface area contributed by atoms with E-state index in [-0.39, 0.29) is 17.6 Å². The summed E-state index contributed by atoms with van der Waals surface area (Å²) in [6, 6.07) is 21.8. The van der Waals surface area contributed by atoms with Crippen LogP contribution in [0.5, 0.6) is 0 Å². The molecule has 1 unspecified atom stereocenters. The Hall–Kier alpha value is -3.01. The molecular weight excluding hydrogens is 339 g/mol. The minimum absolute atomic E-state index is 0.0607. The van der Waals surface area contributed by atoms with Gasteiger partial charge in [0.15, 0.2) is 0 Å². The van der Waals surface area contributed by atoms with Gasteiger partial charge in [-0.2, -0.15) is 0 Å². The third kappa shape index (κ3) is 3.75. The minimum Gasteiger partial charge on any atom is -0.338 e. The number of pyridine rings is 1. The summed E-state index contributed by atoms with van der Waals surface area (Å²) in [6.07, 6.45) is 1.92. The quantitative estimate of drug-likeness (QED) is 0.665. The van der Waals surface area contributed by atoms with Crippen molar-refractivity contribution >= 4 is 5.91 Å². The second-order valence-electron chi connectivity index (χ2n) is 6.88. The first-order chi connectivity index (χ1) is 13.2. The largest absolute Gasteiger partial charge is 0.338 e. The van der Waals surface area contributed by atoms with Crippen molar-refractivity contribution in [3.05, 3.63) is 89.9 Å². The van der Waals surface area contributed by atoms with E-state index in [1.54, 1.807) is 12.1 Å². The SMILES string of the molecule is O=C(c1ccccc1)N1CCCC(c2cccc(-c3ccccc3F)n2)C1. The molecule has 1 saturated heterocycles. The number of hydrogen-bond donors (Lipinski definition) is 0. The van der Waals surface area contributed by atoms with Crippen molar-refractivity contribution in [3.8, 4) is 11.3 Å². The van der Waals surface area contributed by atoms with Crippen molar-refractivity contribution in [1.82, 2.24) is 9.88 Å². The number of nitrogens with zero attached hydrogens (tertiary/aromatic N) is 2. The van der Waals surface area contributed by atoms with Gasteiger partial charge in [0.1, 0.15) is 5.82 Å². The number of hydrogen-bond acceptors (Lipinski definition) is 2. The second-order valence-corrected chi connectivity index (χ2v) is 6.88. The Bertz CT molecular complexity index is 942. The Morgan fingerprint density at radius 3 is 2.56 bits per heavy atom. The van der Waals surface area contributed by atoms with E-state index in [9.17, 15) is 9.18 Å². The molecule has 1 fully saturated rings. The highest BCUT2D eigenvalue weighted by molar-refractivity contribution is 5.94. The minimum atomic E-state index is -0.272. The molecular formula is C23H21FN2O. The molecule has 3 nitrogen and oxygen atoms in total. The number of amides is 1. The molecule has 1 aliphatic heterocycles. The first-order valence-electron chi connectivity index (χ1n) is 9.28. The molecule has 2 heterocycles. The smallest absolute Gasteiger partial charge is 0.253 e. The maximum Gasteiger partial charge on any atom is 0.253 e. The molecule has 3 aromatic rings. The number of halogens is 1. The Balaban J connectivity index is 1.56. The maximum atomic E-state index is 14.1. The van der Waals surface area contributed by atoms with Crippen LogP contribution in [0, 0.1) is 5.82 Å². The van der Waals surface area contributed by atoms with E-state index in [0.717, 1.165) is 25.1 Å². The monoisotopic (exact) mass is 360 g/mol. The van der Waals surface area contributed by atoms with Gasteiger partial charge in [0.25, 0.3) is 5.91 Å². The third-order valence-corrected chi connectivity index (χ3v) is 5.07. The lowest BCUT2D eigenvalue weighted by Crippen LogP contribution is -2.39. The van der Waals surface area contributed by atoms with Crippen LogP contribution >= 0.6 is 0 Å². The van der Waals surface area contributed by atoms with E-state index < -0.39 is 0 Å². The molecule has 0 radical (unpaired) electrons. The molecule has 0 aliphatic carbocycles. The number of rotatable bonds is 3. The molecule has 0 N–H and O–H groups in total.